The average Bonchev–Trinajstić information content (AvgIpc) is 3.03. The lowest BCUT2D eigenvalue weighted by atomic mass is 10.0. The third-order valence-corrected chi connectivity index (χ3v) is 8.25. The Morgan fingerprint density at radius 2 is 0.778 bits per heavy atom. The molecule has 264 valence electrons. The smallest absolute Gasteiger partial charge is 0.306 e. The van der Waals surface area contributed by atoms with Crippen molar-refractivity contribution >= 4 is 17.9 Å². The molecule has 0 bridgehead atoms. The highest BCUT2D eigenvalue weighted by Gasteiger charge is 2.19. The van der Waals surface area contributed by atoms with E-state index in [0.717, 1.165) is 83.5 Å². The molecule has 0 saturated carbocycles. The Morgan fingerprint density at radius 3 is 1.20 bits per heavy atom. The zero-order chi connectivity index (χ0) is 33.1. The molecule has 0 saturated heterocycles. The van der Waals surface area contributed by atoms with Gasteiger partial charge in [-0.15, -0.1) is 0 Å². The van der Waals surface area contributed by atoms with Gasteiger partial charge in [0.1, 0.15) is 13.2 Å². The molecule has 6 heteroatoms. The fourth-order valence-electron chi connectivity index (χ4n) is 5.32. The van der Waals surface area contributed by atoms with Gasteiger partial charge in [-0.2, -0.15) is 0 Å². The molecule has 0 aromatic rings. The number of rotatable bonds is 34. The molecule has 0 aliphatic rings. The largest absolute Gasteiger partial charge is 0.462 e. The standard InChI is InChI=1S/C39H72O6/c1-4-7-10-13-15-17-19-20-22-23-26-29-32-38(41)44-35-36(34-43-37(40)31-28-25-12-9-6-3)45-39(42)33-30-27-24-21-18-16-14-11-8-5-2/h11,14,36H,4-10,12-13,15-35H2,1-3H3/b14-11-. The van der Waals surface area contributed by atoms with Crippen molar-refractivity contribution in [3.63, 3.8) is 0 Å². The van der Waals surface area contributed by atoms with E-state index in [1.165, 1.54) is 77.0 Å². The topological polar surface area (TPSA) is 78.9 Å². The molecular formula is C39H72O6. The van der Waals surface area contributed by atoms with Gasteiger partial charge in [0, 0.05) is 19.3 Å². The van der Waals surface area contributed by atoms with Crippen molar-refractivity contribution in [3.05, 3.63) is 12.2 Å². The van der Waals surface area contributed by atoms with Gasteiger partial charge in [0.05, 0.1) is 0 Å². The zero-order valence-electron chi connectivity index (χ0n) is 29.9. The molecule has 0 fully saturated rings. The van der Waals surface area contributed by atoms with Gasteiger partial charge in [-0.25, -0.2) is 0 Å². The Morgan fingerprint density at radius 1 is 0.422 bits per heavy atom. The van der Waals surface area contributed by atoms with Gasteiger partial charge in [-0.3, -0.25) is 14.4 Å². The first-order chi connectivity index (χ1) is 22.0. The summed E-state index contributed by atoms with van der Waals surface area (Å²) in [6.07, 6.45) is 33.6. The van der Waals surface area contributed by atoms with E-state index in [4.69, 9.17) is 14.2 Å². The minimum absolute atomic E-state index is 0.0713. The molecule has 0 aliphatic carbocycles. The number of esters is 3. The minimum atomic E-state index is -0.762. The number of hydrogen-bond acceptors (Lipinski definition) is 6. The lowest BCUT2D eigenvalue weighted by Gasteiger charge is -2.18. The van der Waals surface area contributed by atoms with Crippen molar-refractivity contribution in [2.24, 2.45) is 0 Å². The number of ether oxygens (including phenoxy) is 3. The number of carbonyl (C=O) groups is 3. The predicted octanol–water partition coefficient (Wildman–Crippen LogP) is 11.5. The van der Waals surface area contributed by atoms with Crippen LogP contribution in [0.4, 0.5) is 0 Å². The molecule has 0 heterocycles. The summed E-state index contributed by atoms with van der Waals surface area (Å²) in [6.45, 7) is 6.46. The summed E-state index contributed by atoms with van der Waals surface area (Å²) in [5, 5.41) is 0. The summed E-state index contributed by atoms with van der Waals surface area (Å²) in [4.78, 5) is 37.2. The number of hydrogen-bond donors (Lipinski definition) is 0. The first-order valence-corrected chi connectivity index (χ1v) is 19.2. The first kappa shape index (κ1) is 43.1. The van der Waals surface area contributed by atoms with E-state index in [2.05, 4.69) is 32.9 Å². The molecule has 0 radical (unpaired) electrons. The maximum Gasteiger partial charge on any atom is 0.306 e. The summed E-state index contributed by atoms with van der Waals surface area (Å²) in [5.41, 5.74) is 0. The molecule has 1 unspecified atom stereocenters. The number of carbonyl (C=O) groups excluding carboxylic acids is 3. The third-order valence-electron chi connectivity index (χ3n) is 8.25. The SMILES string of the molecule is CCC/C=C\CCCCCCCC(=O)OC(COC(=O)CCCCCCC)COC(=O)CCCCCCCCCCCCCC. The maximum atomic E-state index is 12.5. The van der Waals surface area contributed by atoms with E-state index in [1.54, 1.807) is 0 Å². The van der Waals surface area contributed by atoms with Gasteiger partial charge in [0.2, 0.25) is 0 Å². The second-order valence-electron chi connectivity index (χ2n) is 12.8. The van der Waals surface area contributed by atoms with Crippen molar-refractivity contribution in [2.75, 3.05) is 13.2 Å². The molecule has 0 rings (SSSR count). The van der Waals surface area contributed by atoms with Crippen molar-refractivity contribution in [3.8, 4) is 0 Å². The Bertz CT molecular complexity index is 704. The van der Waals surface area contributed by atoms with Gasteiger partial charge in [-0.1, -0.05) is 155 Å². The van der Waals surface area contributed by atoms with Crippen LogP contribution in [0.2, 0.25) is 0 Å². The van der Waals surface area contributed by atoms with Gasteiger partial charge < -0.3 is 14.2 Å². The molecule has 0 spiro atoms. The molecule has 6 nitrogen and oxygen atoms in total. The van der Waals surface area contributed by atoms with Crippen LogP contribution >= 0.6 is 0 Å². The molecule has 1 atom stereocenters. The monoisotopic (exact) mass is 637 g/mol. The second-order valence-corrected chi connectivity index (χ2v) is 12.8. The van der Waals surface area contributed by atoms with Crippen molar-refractivity contribution in [1.82, 2.24) is 0 Å². The fourth-order valence-corrected chi connectivity index (χ4v) is 5.32. The van der Waals surface area contributed by atoms with Crippen molar-refractivity contribution < 1.29 is 28.6 Å². The van der Waals surface area contributed by atoms with Crippen LogP contribution in [0.3, 0.4) is 0 Å². The number of unbranched alkanes of at least 4 members (excludes halogenated alkanes) is 21. The van der Waals surface area contributed by atoms with Gasteiger partial charge in [-0.05, 0) is 38.5 Å². The van der Waals surface area contributed by atoms with Crippen LogP contribution in [-0.2, 0) is 28.6 Å². The Labute approximate surface area is 278 Å². The lowest BCUT2D eigenvalue weighted by molar-refractivity contribution is -0.167. The summed E-state index contributed by atoms with van der Waals surface area (Å²) in [7, 11) is 0. The summed E-state index contributed by atoms with van der Waals surface area (Å²) in [5.74, 6) is -0.898. The Balaban J connectivity index is 4.28. The Hall–Kier alpha value is -1.85. The van der Waals surface area contributed by atoms with Crippen LogP contribution < -0.4 is 0 Å². The highest BCUT2D eigenvalue weighted by Crippen LogP contribution is 2.14. The third kappa shape index (κ3) is 33.3. The highest BCUT2D eigenvalue weighted by atomic mass is 16.6. The molecule has 0 aromatic carbocycles. The van der Waals surface area contributed by atoms with E-state index in [-0.39, 0.29) is 31.1 Å². The van der Waals surface area contributed by atoms with Crippen LogP contribution in [0.25, 0.3) is 0 Å². The van der Waals surface area contributed by atoms with Gasteiger partial charge >= 0.3 is 17.9 Å². The normalized spacial score (nSPS) is 12.0. The van der Waals surface area contributed by atoms with Crippen molar-refractivity contribution in [1.29, 1.82) is 0 Å². The first-order valence-electron chi connectivity index (χ1n) is 19.2. The average molecular weight is 637 g/mol. The van der Waals surface area contributed by atoms with Crippen LogP contribution in [0.5, 0.6) is 0 Å². The van der Waals surface area contributed by atoms with Gasteiger partial charge in [0.25, 0.3) is 0 Å². The molecular weight excluding hydrogens is 564 g/mol. The Kier molecular flexibility index (Phi) is 33.6. The number of allylic oxidation sites excluding steroid dienone is 2. The maximum absolute atomic E-state index is 12.5. The molecule has 0 amide bonds. The predicted molar refractivity (Wildman–Crippen MR) is 187 cm³/mol. The van der Waals surface area contributed by atoms with Crippen LogP contribution in [0.1, 0.15) is 201 Å². The summed E-state index contributed by atoms with van der Waals surface area (Å²) < 4.78 is 16.5. The molecule has 0 aromatic heterocycles. The molecule has 45 heavy (non-hydrogen) atoms. The quantitative estimate of drug-likeness (QED) is 0.0303. The lowest BCUT2D eigenvalue weighted by Crippen LogP contribution is -2.30. The van der Waals surface area contributed by atoms with Crippen LogP contribution in [-0.4, -0.2) is 37.2 Å². The van der Waals surface area contributed by atoms with E-state index in [1.807, 2.05) is 0 Å². The van der Waals surface area contributed by atoms with Crippen LogP contribution in [0, 0.1) is 0 Å². The minimum Gasteiger partial charge on any atom is -0.462 e. The molecule has 0 aliphatic heterocycles. The second kappa shape index (κ2) is 35.0. The van der Waals surface area contributed by atoms with E-state index in [9.17, 15) is 14.4 Å². The van der Waals surface area contributed by atoms with E-state index >= 15 is 0 Å². The van der Waals surface area contributed by atoms with Crippen LogP contribution in [0.15, 0.2) is 12.2 Å². The summed E-state index contributed by atoms with van der Waals surface area (Å²) >= 11 is 0. The highest BCUT2D eigenvalue weighted by molar-refractivity contribution is 5.71. The summed E-state index contributed by atoms with van der Waals surface area (Å²) in [6, 6.07) is 0. The molecule has 0 N–H and O–H groups in total. The zero-order valence-corrected chi connectivity index (χ0v) is 29.9. The van der Waals surface area contributed by atoms with E-state index < -0.39 is 6.10 Å². The van der Waals surface area contributed by atoms with E-state index in [0.29, 0.717) is 19.3 Å². The van der Waals surface area contributed by atoms with Crippen molar-refractivity contribution in [2.45, 2.75) is 207 Å². The van der Waals surface area contributed by atoms with Gasteiger partial charge in [0.15, 0.2) is 6.10 Å². The fraction of sp³-hybridized carbons (Fsp3) is 0.872.